The Labute approximate surface area is 103 Å². The smallest absolute Gasteiger partial charge is 0.0701 e. The first-order chi connectivity index (χ1) is 7.83. The molecule has 0 radical (unpaired) electrons. The molecule has 1 saturated carbocycles. The van der Waals surface area contributed by atoms with Gasteiger partial charge in [0.05, 0.1) is 33.0 Å². The summed E-state index contributed by atoms with van der Waals surface area (Å²) >= 11 is 5.83. The summed E-state index contributed by atoms with van der Waals surface area (Å²) in [5.74, 6) is 0.702. The van der Waals surface area contributed by atoms with Crippen molar-refractivity contribution in [3.8, 4) is 0 Å². The molecular weight excluding hydrogens is 230 g/mol. The maximum atomic E-state index is 5.83. The van der Waals surface area contributed by atoms with Crippen LogP contribution in [0.15, 0.2) is 0 Å². The third kappa shape index (κ3) is 6.01. The Hall–Kier alpha value is 0.130. The highest BCUT2D eigenvalue weighted by Crippen LogP contribution is 2.35. The van der Waals surface area contributed by atoms with Crippen molar-refractivity contribution in [1.82, 2.24) is 5.32 Å². The zero-order valence-corrected chi connectivity index (χ0v) is 10.7. The zero-order valence-electron chi connectivity index (χ0n) is 9.97. The van der Waals surface area contributed by atoms with Gasteiger partial charge in [-0.05, 0) is 12.8 Å². The largest absolute Gasteiger partial charge is 0.382 e. The first-order valence-corrected chi connectivity index (χ1v) is 6.32. The van der Waals surface area contributed by atoms with Gasteiger partial charge >= 0.3 is 0 Å². The molecule has 0 spiro atoms. The molecule has 4 nitrogen and oxygen atoms in total. The van der Waals surface area contributed by atoms with Crippen LogP contribution in [0.3, 0.4) is 0 Å². The number of hydrogen-bond donors (Lipinski definition) is 1. The van der Waals surface area contributed by atoms with Crippen molar-refractivity contribution in [2.45, 2.75) is 18.4 Å². The molecular formula is C11H22ClNO3. The van der Waals surface area contributed by atoms with Crippen molar-refractivity contribution in [2.24, 2.45) is 0 Å². The lowest BCUT2D eigenvalue weighted by atomic mass is 10.3. The molecule has 0 atom stereocenters. The van der Waals surface area contributed by atoms with Gasteiger partial charge in [-0.2, -0.15) is 0 Å². The van der Waals surface area contributed by atoms with Gasteiger partial charge in [-0.15, -0.1) is 11.6 Å². The van der Waals surface area contributed by atoms with Crippen LogP contribution in [0.4, 0.5) is 0 Å². The molecule has 0 aliphatic heterocycles. The van der Waals surface area contributed by atoms with E-state index in [1.807, 2.05) is 0 Å². The summed E-state index contributed by atoms with van der Waals surface area (Å²) in [6.07, 6.45) is 2.38. The van der Waals surface area contributed by atoms with Crippen LogP contribution < -0.4 is 5.32 Å². The molecule has 0 amide bonds. The molecule has 1 fully saturated rings. The topological polar surface area (TPSA) is 39.7 Å². The third-order valence-electron chi connectivity index (χ3n) is 2.66. The van der Waals surface area contributed by atoms with Crippen LogP contribution in [0.2, 0.25) is 0 Å². The second kappa shape index (κ2) is 8.25. The third-order valence-corrected chi connectivity index (χ3v) is 3.17. The second-order valence-corrected chi connectivity index (χ2v) is 4.33. The average Bonchev–Trinajstić information content (AvgIpc) is 3.08. The number of rotatable bonds is 11. The van der Waals surface area contributed by atoms with E-state index >= 15 is 0 Å². The summed E-state index contributed by atoms with van der Waals surface area (Å²) in [6, 6.07) is 0. The predicted octanol–water partition coefficient (Wildman–Crippen LogP) is 1.03. The molecule has 1 aliphatic carbocycles. The van der Waals surface area contributed by atoms with E-state index in [9.17, 15) is 0 Å². The summed E-state index contributed by atoms with van der Waals surface area (Å²) in [5.41, 5.74) is 0.222. The fourth-order valence-corrected chi connectivity index (χ4v) is 1.72. The van der Waals surface area contributed by atoms with Crippen molar-refractivity contribution < 1.29 is 14.2 Å². The van der Waals surface area contributed by atoms with Crippen molar-refractivity contribution in [1.29, 1.82) is 0 Å². The van der Waals surface area contributed by atoms with Gasteiger partial charge in [0, 0.05) is 25.1 Å². The maximum absolute atomic E-state index is 5.83. The molecule has 0 unspecified atom stereocenters. The summed E-state index contributed by atoms with van der Waals surface area (Å²) in [5, 5.41) is 3.41. The number of halogens is 1. The Morgan fingerprint density at radius 3 is 2.25 bits per heavy atom. The van der Waals surface area contributed by atoms with Gasteiger partial charge in [-0.3, -0.25) is 0 Å². The first-order valence-electron chi connectivity index (χ1n) is 5.78. The SMILES string of the molecule is COCCOCCOCCNC1(CCl)CC1. The lowest BCUT2D eigenvalue weighted by Gasteiger charge is -2.13. The molecule has 96 valence electrons. The van der Waals surface area contributed by atoms with Crippen LogP contribution in [0, 0.1) is 0 Å². The fourth-order valence-electron chi connectivity index (χ4n) is 1.36. The minimum atomic E-state index is 0.222. The van der Waals surface area contributed by atoms with Gasteiger partial charge in [-0.1, -0.05) is 0 Å². The van der Waals surface area contributed by atoms with Crippen molar-refractivity contribution >= 4 is 11.6 Å². The predicted molar refractivity (Wildman–Crippen MR) is 64.2 cm³/mol. The molecule has 0 heterocycles. The van der Waals surface area contributed by atoms with Crippen molar-refractivity contribution in [3.63, 3.8) is 0 Å². The van der Waals surface area contributed by atoms with E-state index in [1.165, 1.54) is 12.8 Å². The minimum Gasteiger partial charge on any atom is -0.382 e. The summed E-state index contributed by atoms with van der Waals surface area (Å²) in [6.45, 7) is 4.12. The first kappa shape index (κ1) is 14.2. The second-order valence-electron chi connectivity index (χ2n) is 4.06. The lowest BCUT2D eigenvalue weighted by molar-refractivity contribution is 0.0252. The van der Waals surface area contributed by atoms with Crippen LogP contribution >= 0.6 is 11.6 Å². The van der Waals surface area contributed by atoms with E-state index in [4.69, 9.17) is 25.8 Å². The van der Waals surface area contributed by atoms with E-state index in [0.717, 1.165) is 6.54 Å². The van der Waals surface area contributed by atoms with Gasteiger partial charge in [0.25, 0.3) is 0 Å². The molecule has 16 heavy (non-hydrogen) atoms. The molecule has 0 aromatic rings. The van der Waals surface area contributed by atoms with Crippen LogP contribution in [-0.2, 0) is 14.2 Å². The highest BCUT2D eigenvalue weighted by Gasteiger charge is 2.40. The number of nitrogens with one attached hydrogen (secondary N) is 1. The highest BCUT2D eigenvalue weighted by atomic mass is 35.5. The van der Waals surface area contributed by atoms with E-state index in [-0.39, 0.29) is 5.54 Å². The molecule has 5 heteroatoms. The Bertz CT molecular complexity index is 177. The van der Waals surface area contributed by atoms with Crippen molar-refractivity contribution in [2.75, 3.05) is 52.6 Å². The average molecular weight is 252 g/mol. The van der Waals surface area contributed by atoms with E-state index in [2.05, 4.69) is 5.32 Å². The van der Waals surface area contributed by atoms with Crippen LogP contribution in [-0.4, -0.2) is 58.1 Å². The van der Waals surface area contributed by atoms with Gasteiger partial charge in [0.1, 0.15) is 0 Å². The van der Waals surface area contributed by atoms with Gasteiger partial charge in [0.15, 0.2) is 0 Å². The Morgan fingerprint density at radius 2 is 1.69 bits per heavy atom. The summed E-state index contributed by atoms with van der Waals surface area (Å²) in [7, 11) is 1.66. The normalized spacial score (nSPS) is 17.6. The molecule has 1 N–H and O–H groups in total. The van der Waals surface area contributed by atoms with Gasteiger partial charge in [0.2, 0.25) is 0 Å². The standard InChI is InChI=1S/C11H22ClNO3/c1-14-6-7-16-9-8-15-5-4-13-11(10-12)2-3-11/h13H,2-10H2,1H3. The monoisotopic (exact) mass is 251 g/mol. The minimum absolute atomic E-state index is 0.222. The Morgan fingerprint density at radius 1 is 1.06 bits per heavy atom. The van der Waals surface area contributed by atoms with E-state index in [0.29, 0.717) is 38.9 Å². The van der Waals surface area contributed by atoms with Crippen LogP contribution in [0.1, 0.15) is 12.8 Å². The molecule has 0 bridgehead atoms. The van der Waals surface area contributed by atoms with Gasteiger partial charge < -0.3 is 19.5 Å². The maximum Gasteiger partial charge on any atom is 0.0701 e. The Kier molecular flexibility index (Phi) is 7.32. The Balaban J connectivity index is 1.75. The van der Waals surface area contributed by atoms with Gasteiger partial charge in [-0.25, -0.2) is 0 Å². The van der Waals surface area contributed by atoms with E-state index in [1.54, 1.807) is 7.11 Å². The number of ether oxygens (including phenoxy) is 3. The summed E-state index contributed by atoms with van der Waals surface area (Å²) < 4.78 is 15.5. The van der Waals surface area contributed by atoms with E-state index < -0.39 is 0 Å². The van der Waals surface area contributed by atoms with Crippen LogP contribution in [0.25, 0.3) is 0 Å². The fraction of sp³-hybridized carbons (Fsp3) is 1.00. The van der Waals surface area contributed by atoms with Crippen molar-refractivity contribution in [3.05, 3.63) is 0 Å². The summed E-state index contributed by atoms with van der Waals surface area (Å²) in [4.78, 5) is 0. The quantitative estimate of drug-likeness (QED) is 0.440. The molecule has 0 aromatic carbocycles. The highest BCUT2D eigenvalue weighted by molar-refractivity contribution is 6.18. The number of hydrogen-bond acceptors (Lipinski definition) is 4. The van der Waals surface area contributed by atoms with Crippen LogP contribution in [0.5, 0.6) is 0 Å². The zero-order chi connectivity index (χ0) is 11.7. The molecule has 1 rings (SSSR count). The molecule has 0 aromatic heterocycles. The lowest BCUT2D eigenvalue weighted by Crippen LogP contribution is -2.35. The molecule has 0 saturated heterocycles. The molecule has 1 aliphatic rings. The number of methoxy groups -OCH3 is 1. The number of alkyl halides is 1.